The maximum absolute atomic E-state index is 12.1. The van der Waals surface area contributed by atoms with E-state index in [2.05, 4.69) is 12.0 Å². The van der Waals surface area contributed by atoms with Gasteiger partial charge < -0.3 is 5.11 Å². The molecule has 0 bridgehead atoms. The number of thioether (sulfide) groups is 1. The van der Waals surface area contributed by atoms with Crippen molar-refractivity contribution in [3.63, 3.8) is 0 Å². The minimum absolute atomic E-state index is 0.389. The number of aromatic nitrogens is 1. The average Bonchev–Trinajstić information content (AvgIpc) is 3.26. The van der Waals surface area contributed by atoms with Crippen molar-refractivity contribution >= 4 is 29.1 Å². The number of carboxylic acids is 1. The molecule has 0 fully saturated rings. The topological polar surface area (TPSA) is 50.2 Å². The summed E-state index contributed by atoms with van der Waals surface area (Å²) in [6.45, 7) is 0. The Morgan fingerprint density at radius 2 is 1.93 bits per heavy atom. The van der Waals surface area contributed by atoms with Gasteiger partial charge in [0.1, 0.15) is 5.03 Å². The highest BCUT2D eigenvalue weighted by atomic mass is 32.2. The van der Waals surface area contributed by atoms with Crippen molar-refractivity contribution in [2.45, 2.75) is 36.5 Å². The molecule has 3 nitrogen and oxygen atoms in total. The standard InChI is InChI=1S/C23H19NO2S2/c1-2-15-9-11-16(12-10-15)14-28-22-20(23(25)26)17-6-3-4-7-18(17)21(24-22)19-8-5-13-27-19/h1,5,8-13H,3-4,6-7,14H2,(H,25,26). The molecule has 1 aliphatic carbocycles. The van der Waals surface area contributed by atoms with E-state index in [1.54, 1.807) is 11.3 Å². The lowest BCUT2D eigenvalue weighted by molar-refractivity contribution is 0.0690. The molecule has 0 unspecified atom stereocenters. The summed E-state index contributed by atoms with van der Waals surface area (Å²) in [6, 6.07) is 11.9. The molecule has 2 aromatic heterocycles. The molecule has 1 aliphatic rings. The van der Waals surface area contributed by atoms with E-state index in [1.165, 1.54) is 11.8 Å². The minimum atomic E-state index is -0.881. The molecular weight excluding hydrogens is 386 g/mol. The predicted molar refractivity (Wildman–Crippen MR) is 115 cm³/mol. The molecule has 28 heavy (non-hydrogen) atoms. The number of terminal acetylenes is 1. The van der Waals surface area contributed by atoms with Gasteiger partial charge in [0.05, 0.1) is 16.1 Å². The van der Waals surface area contributed by atoms with Gasteiger partial charge in [-0.1, -0.05) is 24.1 Å². The SMILES string of the molecule is C#Cc1ccc(CSc2nc(-c3cccs3)c3c(c2C(=O)O)CCCC3)cc1. The number of carboxylic acid groups (broad SMARTS) is 1. The van der Waals surface area contributed by atoms with Gasteiger partial charge in [0.15, 0.2) is 0 Å². The summed E-state index contributed by atoms with van der Waals surface area (Å²) in [5, 5.41) is 12.6. The van der Waals surface area contributed by atoms with E-state index in [9.17, 15) is 9.90 Å². The highest BCUT2D eigenvalue weighted by Crippen LogP contribution is 2.39. The van der Waals surface area contributed by atoms with Crippen LogP contribution in [0.2, 0.25) is 0 Å². The van der Waals surface area contributed by atoms with Crippen molar-refractivity contribution in [2.75, 3.05) is 0 Å². The zero-order valence-corrected chi connectivity index (χ0v) is 16.9. The lowest BCUT2D eigenvalue weighted by Gasteiger charge is -2.22. The number of hydrogen-bond acceptors (Lipinski definition) is 4. The zero-order chi connectivity index (χ0) is 19.5. The molecule has 5 heteroatoms. The molecule has 2 heterocycles. The Hall–Kier alpha value is -2.55. The Morgan fingerprint density at radius 3 is 2.57 bits per heavy atom. The van der Waals surface area contributed by atoms with Gasteiger partial charge in [-0.05, 0) is 66.0 Å². The summed E-state index contributed by atoms with van der Waals surface area (Å²) >= 11 is 3.14. The van der Waals surface area contributed by atoms with E-state index in [0.717, 1.165) is 58.5 Å². The molecule has 0 amide bonds. The van der Waals surface area contributed by atoms with Crippen LogP contribution in [0.1, 0.15) is 45.5 Å². The van der Waals surface area contributed by atoms with Crippen molar-refractivity contribution in [3.8, 4) is 22.9 Å². The fraction of sp³-hybridized carbons (Fsp3) is 0.217. The number of benzene rings is 1. The third kappa shape index (κ3) is 3.71. The Morgan fingerprint density at radius 1 is 1.18 bits per heavy atom. The van der Waals surface area contributed by atoms with Crippen LogP contribution in [-0.4, -0.2) is 16.1 Å². The Labute approximate surface area is 172 Å². The first-order valence-corrected chi connectivity index (χ1v) is 11.0. The molecule has 140 valence electrons. The van der Waals surface area contributed by atoms with E-state index in [4.69, 9.17) is 11.4 Å². The van der Waals surface area contributed by atoms with Crippen molar-refractivity contribution in [2.24, 2.45) is 0 Å². The second kappa shape index (κ2) is 8.22. The summed E-state index contributed by atoms with van der Waals surface area (Å²) in [5.74, 6) is 2.39. The first-order chi connectivity index (χ1) is 13.7. The van der Waals surface area contributed by atoms with Crippen LogP contribution in [0, 0.1) is 12.3 Å². The molecular formula is C23H19NO2S2. The molecule has 3 aromatic rings. The average molecular weight is 406 g/mol. The van der Waals surface area contributed by atoms with Gasteiger partial charge in [-0.3, -0.25) is 0 Å². The predicted octanol–water partition coefficient (Wildman–Crippen LogP) is 5.66. The Bertz CT molecular complexity index is 1050. The number of fused-ring (bicyclic) bond motifs is 1. The third-order valence-corrected chi connectivity index (χ3v) is 6.87. The minimum Gasteiger partial charge on any atom is -0.478 e. The van der Waals surface area contributed by atoms with Crippen molar-refractivity contribution in [1.82, 2.24) is 4.98 Å². The molecule has 0 atom stereocenters. The van der Waals surface area contributed by atoms with Crippen LogP contribution in [0.25, 0.3) is 10.6 Å². The fourth-order valence-corrected chi connectivity index (χ4v) is 5.34. The van der Waals surface area contributed by atoms with Gasteiger partial charge >= 0.3 is 5.97 Å². The van der Waals surface area contributed by atoms with E-state index < -0.39 is 5.97 Å². The number of nitrogens with zero attached hydrogens (tertiary/aromatic N) is 1. The maximum atomic E-state index is 12.1. The Kier molecular flexibility index (Phi) is 5.52. The number of thiophene rings is 1. The molecule has 0 radical (unpaired) electrons. The van der Waals surface area contributed by atoms with E-state index in [0.29, 0.717) is 16.3 Å². The lowest BCUT2D eigenvalue weighted by atomic mass is 9.87. The fourth-order valence-electron chi connectivity index (χ4n) is 3.59. The quantitative estimate of drug-likeness (QED) is 0.439. The molecule has 1 aromatic carbocycles. The second-order valence-corrected chi connectivity index (χ2v) is 8.63. The molecule has 1 N–H and O–H groups in total. The van der Waals surface area contributed by atoms with Crippen molar-refractivity contribution < 1.29 is 9.90 Å². The van der Waals surface area contributed by atoms with Gasteiger partial charge in [0.2, 0.25) is 0 Å². The zero-order valence-electron chi connectivity index (χ0n) is 15.3. The summed E-state index contributed by atoms with van der Waals surface area (Å²) in [7, 11) is 0. The lowest BCUT2D eigenvalue weighted by Crippen LogP contribution is -2.15. The highest BCUT2D eigenvalue weighted by molar-refractivity contribution is 7.98. The van der Waals surface area contributed by atoms with Gasteiger partial charge in [-0.25, -0.2) is 9.78 Å². The number of aromatic carboxylic acids is 1. The second-order valence-electron chi connectivity index (χ2n) is 6.72. The highest BCUT2D eigenvalue weighted by Gasteiger charge is 2.26. The molecule has 0 aliphatic heterocycles. The molecule has 0 spiro atoms. The first kappa shape index (κ1) is 18.8. The van der Waals surface area contributed by atoms with E-state index >= 15 is 0 Å². The van der Waals surface area contributed by atoms with Gasteiger partial charge in [-0.15, -0.1) is 29.5 Å². The number of rotatable bonds is 5. The van der Waals surface area contributed by atoms with Crippen LogP contribution < -0.4 is 0 Å². The Balaban J connectivity index is 1.75. The number of pyridine rings is 1. The van der Waals surface area contributed by atoms with Crippen LogP contribution >= 0.6 is 23.1 Å². The molecule has 0 saturated heterocycles. The van der Waals surface area contributed by atoms with E-state index in [1.807, 2.05) is 35.7 Å². The van der Waals surface area contributed by atoms with Gasteiger partial charge in [-0.2, -0.15) is 0 Å². The summed E-state index contributed by atoms with van der Waals surface area (Å²) in [6.07, 6.45) is 9.23. The van der Waals surface area contributed by atoms with Crippen LogP contribution in [0.4, 0.5) is 0 Å². The molecule has 4 rings (SSSR count). The molecule has 0 saturated carbocycles. The number of hydrogen-bond donors (Lipinski definition) is 1. The van der Waals surface area contributed by atoms with Gasteiger partial charge in [0, 0.05) is 11.3 Å². The van der Waals surface area contributed by atoms with Crippen molar-refractivity contribution in [1.29, 1.82) is 0 Å². The largest absolute Gasteiger partial charge is 0.478 e. The van der Waals surface area contributed by atoms with Crippen LogP contribution in [-0.2, 0) is 18.6 Å². The smallest absolute Gasteiger partial charge is 0.338 e. The van der Waals surface area contributed by atoms with Crippen LogP contribution in [0.5, 0.6) is 0 Å². The maximum Gasteiger partial charge on any atom is 0.338 e. The normalized spacial score (nSPS) is 13.0. The number of carbonyl (C=O) groups is 1. The van der Waals surface area contributed by atoms with E-state index in [-0.39, 0.29) is 0 Å². The third-order valence-electron chi connectivity index (χ3n) is 4.95. The summed E-state index contributed by atoms with van der Waals surface area (Å²) in [5.41, 5.74) is 5.38. The van der Waals surface area contributed by atoms with Gasteiger partial charge in [0.25, 0.3) is 0 Å². The van der Waals surface area contributed by atoms with Crippen LogP contribution in [0.3, 0.4) is 0 Å². The first-order valence-electron chi connectivity index (χ1n) is 9.18. The van der Waals surface area contributed by atoms with Crippen molar-refractivity contribution in [3.05, 3.63) is 69.6 Å². The monoisotopic (exact) mass is 405 g/mol. The summed E-state index contributed by atoms with van der Waals surface area (Å²) in [4.78, 5) is 18.1. The van der Waals surface area contributed by atoms with Crippen LogP contribution in [0.15, 0.2) is 46.8 Å². The summed E-state index contributed by atoms with van der Waals surface area (Å²) < 4.78 is 0.